The van der Waals surface area contributed by atoms with Gasteiger partial charge in [0.1, 0.15) is 0 Å². The Bertz CT molecular complexity index is 697. The van der Waals surface area contributed by atoms with Gasteiger partial charge in [0.05, 0.1) is 27.0 Å². The molecule has 1 aromatic heterocycles. The third-order valence-electron chi connectivity index (χ3n) is 3.68. The minimum absolute atomic E-state index is 0.558. The topological polar surface area (TPSA) is 72.7 Å². The molecule has 0 saturated carbocycles. The fourth-order valence-electron chi connectivity index (χ4n) is 2.42. The maximum Gasteiger partial charge on any atom is 0.191 e. The Labute approximate surface area is 149 Å². The first-order valence-corrected chi connectivity index (χ1v) is 8.36. The zero-order chi connectivity index (χ0) is 18.1. The number of hydrogen-bond acceptors (Lipinski definition) is 4. The van der Waals surface area contributed by atoms with Crippen LogP contribution in [0.15, 0.2) is 35.6 Å². The highest BCUT2D eigenvalue weighted by atomic mass is 16.5. The first-order valence-electron chi connectivity index (χ1n) is 8.36. The molecule has 0 spiro atoms. The summed E-state index contributed by atoms with van der Waals surface area (Å²) in [7, 11) is 5.19. The summed E-state index contributed by atoms with van der Waals surface area (Å²) >= 11 is 0. The fourth-order valence-corrected chi connectivity index (χ4v) is 2.42. The summed E-state index contributed by atoms with van der Waals surface area (Å²) < 4.78 is 12.4. The molecule has 0 radical (unpaired) electrons. The number of nitrogens with zero attached hydrogens (tertiary/aromatic N) is 3. The summed E-state index contributed by atoms with van der Waals surface area (Å²) in [4.78, 5) is 4.63. The van der Waals surface area contributed by atoms with Crippen LogP contribution in [-0.2, 0) is 20.0 Å². The first-order chi connectivity index (χ1) is 12.2. The van der Waals surface area contributed by atoms with E-state index >= 15 is 0 Å². The summed E-state index contributed by atoms with van der Waals surface area (Å²) in [5, 5.41) is 10.8. The number of hydrogen-bond donors (Lipinski definition) is 2. The van der Waals surface area contributed by atoms with E-state index in [1.54, 1.807) is 14.2 Å². The van der Waals surface area contributed by atoms with E-state index in [1.165, 1.54) is 5.56 Å². The summed E-state index contributed by atoms with van der Waals surface area (Å²) in [6.45, 7) is 4.21. The Morgan fingerprint density at radius 1 is 1.16 bits per heavy atom. The van der Waals surface area contributed by atoms with Crippen molar-refractivity contribution < 1.29 is 9.47 Å². The Hall–Kier alpha value is -2.70. The van der Waals surface area contributed by atoms with Gasteiger partial charge in [0, 0.05) is 26.3 Å². The molecule has 136 valence electrons. The monoisotopic (exact) mass is 345 g/mol. The number of aromatic nitrogens is 2. The molecular weight excluding hydrogens is 318 g/mol. The van der Waals surface area contributed by atoms with Crippen LogP contribution in [-0.4, -0.2) is 43.0 Å². The molecule has 0 unspecified atom stereocenters. The van der Waals surface area contributed by atoms with Crippen molar-refractivity contribution in [2.45, 2.75) is 19.9 Å². The second-order valence-electron chi connectivity index (χ2n) is 5.58. The normalized spacial score (nSPS) is 11.3. The van der Waals surface area contributed by atoms with E-state index in [2.05, 4.69) is 27.6 Å². The van der Waals surface area contributed by atoms with Crippen LogP contribution in [0.25, 0.3) is 0 Å². The third kappa shape index (κ3) is 5.70. The number of guanidine groups is 1. The second-order valence-corrected chi connectivity index (χ2v) is 5.58. The molecule has 7 nitrogen and oxygen atoms in total. The molecule has 0 atom stereocenters. The number of ether oxygens (including phenoxy) is 2. The Morgan fingerprint density at radius 3 is 2.60 bits per heavy atom. The van der Waals surface area contributed by atoms with E-state index in [0.717, 1.165) is 36.8 Å². The molecule has 0 bridgehead atoms. The van der Waals surface area contributed by atoms with Gasteiger partial charge in [-0.05, 0) is 36.6 Å². The first kappa shape index (κ1) is 18.6. The van der Waals surface area contributed by atoms with Crippen LogP contribution in [0.3, 0.4) is 0 Å². The molecule has 0 aliphatic rings. The van der Waals surface area contributed by atoms with E-state index in [4.69, 9.17) is 9.47 Å². The maximum atomic E-state index is 5.33. The highest BCUT2D eigenvalue weighted by molar-refractivity contribution is 5.79. The van der Waals surface area contributed by atoms with Gasteiger partial charge in [-0.15, -0.1) is 0 Å². The lowest BCUT2D eigenvalue weighted by Gasteiger charge is -2.12. The van der Waals surface area contributed by atoms with Crippen molar-refractivity contribution in [3.63, 3.8) is 0 Å². The minimum Gasteiger partial charge on any atom is -0.493 e. The van der Waals surface area contributed by atoms with Gasteiger partial charge in [0.2, 0.25) is 0 Å². The van der Waals surface area contributed by atoms with E-state index in [9.17, 15) is 0 Å². The predicted molar refractivity (Wildman–Crippen MR) is 99.3 cm³/mol. The van der Waals surface area contributed by atoms with Crippen LogP contribution < -0.4 is 20.1 Å². The van der Waals surface area contributed by atoms with Gasteiger partial charge >= 0.3 is 0 Å². The van der Waals surface area contributed by atoms with Crippen molar-refractivity contribution in [1.82, 2.24) is 20.4 Å². The summed E-state index contributed by atoms with van der Waals surface area (Å²) in [6, 6.07) is 5.83. The van der Waals surface area contributed by atoms with E-state index < -0.39 is 0 Å². The van der Waals surface area contributed by atoms with E-state index in [-0.39, 0.29) is 0 Å². The van der Waals surface area contributed by atoms with Crippen LogP contribution in [0, 0.1) is 0 Å². The fraction of sp³-hybridized carbons (Fsp3) is 0.444. The number of aryl methyl sites for hydroxylation is 1. The molecule has 1 heterocycles. The molecule has 0 fully saturated rings. The predicted octanol–water partition coefficient (Wildman–Crippen LogP) is 1.74. The SMILES string of the molecule is CCNC(=NCc1ccc(OC)c(OC)c1)NCCc1cnn(C)c1. The molecule has 2 N–H and O–H groups in total. The van der Waals surface area contributed by atoms with Crippen molar-refractivity contribution in [3.05, 3.63) is 41.7 Å². The Kier molecular flexibility index (Phi) is 7.13. The Morgan fingerprint density at radius 2 is 1.96 bits per heavy atom. The van der Waals surface area contributed by atoms with Gasteiger partial charge in [-0.1, -0.05) is 6.07 Å². The number of methoxy groups -OCH3 is 2. The lowest BCUT2D eigenvalue weighted by atomic mass is 10.2. The average Bonchev–Trinajstić information content (AvgIpc) is 3.04. The number of rotatable bonds is 8. The summed E-state index contributed by atoms with van der Waals surface area (Å²) in [6.07, 6.45) is 4.80. The lowest BCUT2D eigenvalue weighted by Crippen LogP contribution is -2.38. The second kappa shape index (κ2) is 9.56. The molecule has 0 aliphatic heterocycles. The van der Waals surface area contributed by atoms with Gasteiger partial charge in [0.25, 0.3) is 0 Å². The highest BCUT2D eigenvalue weighted by Crippen LogP contribution is 2.27. The van der Waals surface area contributed by atoms with Gasteiger partial charge < -0.3 is 20.1 Å². The van der Waals surface area contributed by atoms with Gasteiger partial charge in [-0.2, -0.15) is 5.10 Å². The Balaban J connectivity index is 1.94. The van der Waals surface area contributed by atoms with Crippen molar-refractivity contribution in [1.29, 1.82) is 0 Å². The van der Waals surface area contributed by atoms with Crippen LogP contribution in [0.4, 0.5) is 0 Å². The summed E-state index contributed by atoms with van der Waals surface area (Å²) in [5.74, 6) is 2.22. The van der Waals surface area contributed by atoms with Crippen molar-refractivity contribution in [2.75, 3.05) is 27.3 Å². The molecule has 2 rings (SSSR count). The van der Waals surface area contributed by atoms with Crippen LogP contribution >= 0.6 is 0 Å². The standard InChI is InChI=1S/C18H27N5O2/c1-5-19-18(20-9-8-15-12-22-23(2)13-15)21-11-14-6-7-16(24-3)17(10-14)25-4/h6-7,10,12-13H,5,8-9,11H2,1-4H3,(H2,19,20,21). The summed E-state index contributed by atoms with van der Waals surface area (Å²) in [5.41, 5.74) is 2.26. The zero-order valence-electron chi connectivity index (χ0n) is 15.4. The average molecular weight is 345 g/mol. The van der Waals surface area contributed by atoms with Gasteiger partial charge in [-0.3, -0.25) is 4.68 Å². The molecule has 0 aliphatic carbocycles. The van der Waals surface area contributed by atoms with Crippen molar-refractivity contribution in [3.8, 4) is 11.5 Å². The molecule has 0 saturated heterocycles. The van der Waals surface area contributed by atoms with Crippen molar-refractivity contribution in [2.24, 2.45) is 12.0 Å². The molecule has 7 heteroatoms. The van der Waals surface area contributed by atoms with Gasteiger partial charge in [0.15, 0.2) is 17.5 Å². The van der Waals surface area contributed by atoms with E-state index in [0.29, 0.717) is 12.3 Å². The number of aliphatic imine (C=N–C) groups is 1. The van der Waals surface area contributed by atoms with Crippen LogP contribution in [0.5, 0.6) is 11.5 Å². The quantitative estimate of drug-likeness (QED) is 0.563. The smallest absolute Gasteiger partial charge is 0.191 e. The minimum atomic E-state index is 0.558. The van der Waals surface area contributed by atoms with Crippen molar-refractivity contribution >= 4 is 5.96 Å². The third-order valence-corrected chi connectivity index (χ3v) is 3.68. The number of benzene rings is 1. The number of nitrogens with one attached hydrogen (secondary N) is 2. The largest absolute Gasteiger partial charge is 0.493 e. The van der Waals surface area contributed by atoms with Crippen LogP contribution in [0.1, 0.15) is 18.1 Å². The molecule has 1 aromatic carbocycles. The van der Waals surface area contributed by atoms with Crippen LogP contribution in [0.2, 0.25) is 0 Å². The van der Waals surface area contributed by atoms with Gasteiger partial charge in [-0.25, -0.2) is 4.99 Å². The highest BCUT2D eigenvalue weighted by Gasteiger charge is 2.05. The lowest BCUT2D eigenvalue weighted by molar-refractivity contribution is 0.354. The molecule has 0 amide bonds. The zero-order valence-corrected chi connectivity index (χ0v) is 15.4. The maximum absolute atomic E-state index is 5.33. The van der Waals surface area contributed by atoms with E-state index in [1.807, 2.05) is 42.3 Å². The molecule has 2 aromatic rings. The molecule has 25 heavy (non-hydrogen) atoms. The molecular formula is C18H27N5O2.